The molecule has 0 amide bonds. The summed E-state index contributed by atoms with van der Waals surface area (Å²) in [6, 6.07) is 0.676. The smallest absolute Gasteiger partial charge is 0.0189 e. The van der Waals surface area contributed by atoms with Crippen LogP contribution in [0.3, 0.4) is 0 Å². The molecule has 3 unspecified atom stereocenters. The molecule has 0 spiro atoms. The zero-order valence-electron chi connectivity index (χ0n) is 10.9. The van der Waals surface area contributed by atoms with E-state index in [4.69, 9.17) is 0 Å². The SMILES string of the molecule is CCCCNCC(C)N(C)CC1CC1C. The molecule has 1 N–H and O–H groups in total. The van der Waals surface area contributed by atoms with E-state index < -0.39 is 0 Å². The first-order valence-electron chi connectivity index (χ1n) is 6.56. The van der Waals surface area contributed by atoms with Crippen molar-refractivity contribution in [1.29, 1.82) is 0 Å². The average Bonchev–Trinajstić information content (AvgIpc) is 2.88. The summed E-state index contributed by atoms with van der Waals surface area (Å²) in [5.74, 6) is 1.96. The van der Waals surface area contributed by atoms with Crippen molar-refractivity contribution >= 4 is 0 Å². The highest BCUT2D eigenvalue weighted by Crippen LogP contribution is 2.38. The van der Waals surface area contributed by atoms with Gasteiger partial charge < -0.3 is 10.2 Å². The molecule has 0 heterocycles. The topological polar surface area (TPSA) is 15.3 Å². The van der Waals surface area contributed by atoms with Gasteiger partial charge in [-0.05, 0) is 45.2 Å². The second-order valence-corrected chi connectivity index (χ2v) is 5.32. The van der Waals surface area contributed by atoms with Gasteiger partial charge in [-0.25, -0.2) is 0 Å². The summed E-state index contributed by atoms with van der Waals surface area (Å²) in [5.41, 5.74) is 0. The predicted octanol–water partition coefficient (Wildman–Crippen LogP) is 2.35. The van der Waals surface area contributed by atoms with Crippen LogP contribution in [0.25, 0.3) is 0 Å². The molecule has 0 bridgehead atoms. The lowest BCUT2D eigenvalue weighted by Gasteiger charge is -2.25. The average molecular weight is 212 g/mol. The minimum Gasteiger partial charge on any atom is -0.315 e. The lowest BCUT2D eigenvalue weighted by Crippen LogP contribution is -2.39. The fourth-order valence-corrected chi connectivity index (χ4v) is 1.97. The third-order valence-electron chi connectivity index (χ3n) is 3.70. The Kier molecular flexibility index (Phi) is 5.62. The quantitative estimate of drug-likeness (QED) is 0.621. The third kappa shape index (κ3) is 4.98. The fraction of sp³-hybridized carbons (Fsp3) is 1.00. The number of hydrogen-bond acceptors (Lipinski definition) is 2. The van der Waals surface area contributed by atoms with Gasteiger partial charge in [0.1, 0.15) is 0 Å². The molecule has 0 aliphatic heterocycles. The van der Waals surface area contributed by atoms with E-state index in [2.05, 4.69) is 38.0 Å². The number of nitrogens with one attached hydrogen (secondary N) is 1. The molecule has 1 saturated carbocycles. The molecule has 2 nitrogen and oxygen atoms in total. The Bertz CT molecular complexity index is 170. The monoisotopic (exact) mass is 212 g/mol. The maximum absolute atomic E-state index is 3.53. The Labute approximate surface area is 95.4 Å². The lowest BCUT2D eigenvalue weighted by molar-refractivity contribution is 0.238. The summed E-state index contributed by atoms with van der Waals surface area (Å²) < 4.78 is 0. The van der Waals surface area contributed by atoms with Gasteiger partial charge in [0, 0.05) is 19.1 Å². The number of nitrogens with zero attached hydrogens (tertiary/aromatic N) is 1. The highest BCUT2D eigenvalue weighted by atomic mass is 15.1. The Hall–Kier alpha value is -0.0800. The van der Waals surface area contributed by atoms with Crippen LogP contribution in [0, 0.1) is 11.8 Å². The molecule has 0 aromatic carbocycles. The highest BCUT2D eigenvalue weighted by Gasteiger charge is 2.33. The molecule has 0 aromatic heterocycles. The number of unbranched alkanes of at least 4 members (excludes halogenated alkanes) is 1. The molecule has 1 fully saturated rings. The number of rotatable bonds is 8. The van der Waals surface area contributed by atoms with Crippen LogP contribution in [0.15, 0.2) is 0 Å². The van der Waals surface area contributed by atoms with Crippen molar-refractivity contribution < 1.29 is 0 Å². The van der Waals surface area contributed by atoms with Crippen LogP contribution in [0.5, 0.6) is 0 Å². The van der Waals surface area contributed by atoms with Crippen LogP contribution in [0.1, 0.15) is 40.0 Å². The van der Waals surface area contributed by atoms with E-state index in [0.29, 0.717) is 6.04 Å². The summed E-state index contributed by atoms with van der Waals surface area (Å²) in [6.07, 6.45) is 4.03. The Balaban J connectivity index is 2.02. The van der Waals surface area contributed by atoms with Crippen molar-refractivity contribution in [1.82, 2.24) is 10.2 Å². The highest BCUT2D eigenvalue weighted by molar-refractivity contribution is 4.85. The number of hydrogen-bond donors (Lipinski definition) is 1. The van der Waals surface area contributed by atoms with E-state index in [1.54, 1.807) is 0 Å². The summed E-state index contributed by atoms with van der Waals surface area (Å²) in [6.45, 7) is 10.5. The lowest BCUT2D eigenvalue weighted by atomic mass is 10.2. The van der Waals surface area contributed by atoms with Crippen LogP contribution >= 0.6 is 0 Å². The molecule has 3 atom stereocenters. The molecule has 0 radical (unpaired) electrons. The van der Waals surface area contributed by atoms with Crippen LogP contribution in [0.2, 0.25) is 0 Å². The first kappa shape index (κ1) is 13.0. The van der Waals surface area contributed by atoms with Crippen molar-refractivity contribution in [2.75, 3.05) is 26.7 Å². The summed E-state index contributed by atoms with van der Waals surface area (Å²) >= 11 is 0. The zero-order chi connectivity index (χ0) is 11.3. The molecule has 1 aliphatic carbocycles. The van der Waals surface area contributed by atoms with Crippen molar-refractivity contribution in [3.05, 3.63) is 0 Å². The second kappa shape index (κ2) is 6.49. The van der Waals surface area contributed by atoms with E-state index in [1.165, 1.54) is 32.4 Å². The van der Waals surface area contributed by atoms with E-state index in [1.807, 2.05) is 0 Å². The standard InChI is InChI=1S/C13H28N2/c1-5-6-7-14-9-12(3)15(4)10-13-8-11(13)2/h11-14H,5-10H2,1-4H3. The molecule has 1 aliphatic rings. The van der Waals surface area contributed by atoms with E-state index in [9.17, 15) is 0 Å². The first-order valence-corrected chi connectivity index (χ1v) is 6.56. The van der Waals surface area contributed by atoms with Crippen LogP contribution in [-0.4, -0.2) is 37.6 Å². The minimum absolute atomic E-state index is 0.676. The Morgan fingerprint density at radius 3 is 2.67 bits per heavy atom. The Morgan fingerprint density at radius 2 is 2.13 bits per heavy atom. The van der Waals surface area contributed by atoms with Gasteiger partial charge in [0.2, 0.25) is 0 Å². The van der Waals surface area contributed by atoms with Gasteiger partial charge in [-0.1, -0.05) is 20.3 Å². The van der Waals surface area contributed by atoms with Gasteiger partial charge in [0.15, 0.2) is 0 Å². The van der Waals surface area contributed by atoms with Gasteiger partial charge in [0.25, 0.3) is 0 Å². The van der Waals surface area contributed by atoms with Gasteiger partial charge in [-0.3, -0.25) is 0 Å². The maximum atomic E-state index is 3.53. The predicted molar refractivity (Wildman–Crippen MR) is 67.1 cm³/mol. The first-order chi connectivity index (χ1) is 7.15. The van der Waals surface area contributed by atoms with Gasteiger partial charge in [0.05, 0.1) is 0 Å². The Morgan fingerprint density at radius 1 is 1.47 bits per heavy atom. The molecular formula is C13H28N2. The minimum atomic E-state index is 0.676. The summed E-state index contributed by atoms with van der Waals surface area (Å²) in [5, 5.41) is 3.53. The summed E-state index contributed by atoms with van der Waals surface area (Å²) in [4.78, 5) is 2.51. The third-order valence-corrected chi connectivity index (χ3v) is 3.70. The normalized spacial score (nSPS) is 27.0. The molecule has 90 valence electrons. The van der Waals surface area contributed by atoms with E-state index >= 15 is 0 Å². The maximum Gasteiger partial charge on any atom is 0.0189 e. The zero-order valence-corrected chi connectivity index (χ0v) is 10.9. The molecule has 0 aromatic rings. The van der Waals surface area contributed by atoms with Gasteiger partial charge in [-0.2, -0.15) is 0 Å². The van der Waals surface area contributed by atoms with Gasteiger partial charge in [-0.15, -0.1) is 0 Å². The van der Waals surface area contributed by atoms with Crippen LogP contribution < -0.4 is 5.32 Å². The van der Waals surface area contributed by atoms with Crippen molar-refractivity contribution in [2.24, 2.45) is 11.8 Å². The van der Waals surface area contributed by atoms with Crippen LogP contribution in [0.4, 0.5) is 0 Å². The molecular weight excluding hydrogens is 184 g/mol. The molecule has 15 heavy (non-hydrogen) atoms. The van der Waals surface area contributed by atoms with Crippen molar-refractivity contribution in [2.45, 2.75) is 46.1 Å². The second-order valence-electron chi connectivity index (χ2n) is 5.32. The van der Waals surface area contributed by atoms with Crippen molar-refractivity contribution in [3.8, 4) is 0 Å². The fourth-order valence-electron chi connectivity index (χ4n) is 1.97. The number of likely N-dealkylation sites (N-methyl/N-ethyl adjacent to an activating group) is 1. The van der Waals surface area contributed by atoms with Crippen LogP contribution in [-0.2, 0) is 0 Å². The van der Waals surface area contributed by atoms with Gasteiger partial charge >= 0.3 is 0 Å². The van der Waals surface area contributed by atoms with Crippen molar-refractivity contribution in [3.63, 3.8) is 0 Å². The van der Waals surface area contributed by atoms with E-state index in [-0.39, 0.29) is 0 Å². The molecule has 2 heteroatoms. The summed E-state index contributed by atoms with van der Waals surface area (Å²) in [7, 11) is 2.26. The molecule has 0 saturated heterocycles. The molecule has 1 rings (SSSR count). The van der Waals surface area contributed by atoms with E-state index in [0.717, 1.165) is 18.4 Å². The largest absolute Gasteiger partial charge is 0.315 e.